The number of amides is 1. The molecule has 0 saturated carbocycles. The monoisotopic (exact) mass is 439 g/mol. The lowest BCUT2D eigenvalue weighted by atomic mass is 10.1. The molecule has 168 valence electrons. The van der Waals surface area contributed by atoms with Gasteiger partial charge in [0.15, 0.2) is 5.82 Å². The molecule has 0 spiro atoms. The number of halogens is 1. The average molecular weight is 439 g/mol. The van der Waals surface area contributed by atoms with Crippen molar-refractivity contribution < 1.29 is 14.3 Å². The molecule has 1 amide bonds. The Hall–Kier alpha value is -3.79. The van der Waals surface area contributed by atoms with Crippen molar-refractivity contribution in [2.24, 2.45) is 5.10 Å². The molecule has 1 heterocycles. The third-order valence-corrected chi connectivity index (χ3v) is 4.88. The Morgan fingerprint density at radius 2 is 2.09 bits per heavy atom. The van der Waals surface area contributed by atoms with Gasteiger partial charge in [-0.1, -0.05) is 11.6 Å². The molecule has 2 aromatic carbocycles. The standard InChI is InChI=1S/C22H26FN7O2/c1-15-3-8-20(26-25-10-9-24)19(13-15)22(32)29(11-12-31)16(2)14-30-27-21(28-30)17-4-6-18(23)7-5-17/h3-10,13,16,24,26,31H,11-12,14H2,1-2H3,(H,27,28)/b24-9?,25-10-/t16-/m0/s1. The topological polar surface area (TPSA) is 122 Å². The lowest BCUT2D eigenvalue weighted by molar-refractivity contribution is 0.0620. The Morgan fingerprint density at radius 1 is 1.38 bits per heavy atom. The zero-order chi connectivity index (χ0) is 23.1. The highest BCUT2D eigenvalue weighted by Gasteiger charge is 2.25. The van der Waals surface area contributed by atoms with E-state index < -0.39 is 0 Å². The minimum Gasteiger partial charge on any atom is -0.395 e. The number of H-pyrrole nitrogens is 1. The number of carbonyl (C=O) groups is 1. The summed E-state index contributed by atoms with van der Waals surface area (Å²) in [6, 6.07) is 11.1. The summed E-state index contributed by atoms with van der Waals surface area (Å²) in [5, 5.41) is 27.9. The van der Waals surface area contributed by atoms with Crippen LogP contribution in [0.2, 0.25) is 0 Å². The van der Waals surface area contributed by atoms with Gasteiger partial charge in [-0.05, 0) is 50.2 Å². The normalized spacial score (nSPS) is 12.1. The fourth-order valence-corrected chi connectivity index (χ4v) is 3.27. The van der Waals surface area contributed by atoms with Crippen molar-refractivity contribution in [1.82, 2.24) is 19.9 Å². The molecule has 10 heteroatoms. The predicted molar refractivity (Wildman–Crippen MR) is 122 cm³/mol. The van der Waals surface area contributed by atoms with Gasteiger partial charge in [-0.2, -0.15) is 5.10 Å². The Balaban J connectivity index is 1.76. The van der Waals surface area contributed by atoms with Crippen LogP contribution in [0.4, 0.5) is 10.1 Å². The summed E-state index contributed by atoms with van der Waals surface area (Å²) in [6.07, 6.45) is 2.30. The van der Waals surface area contributed by atoms with Crippen LogP contribution < -0.4 is 5.43 Å². The number of aromatic amines is 1. The van der Waals surface area contributed by atoms with Gasteiger partial charge in [-0.3, -0.25) is 15.3 Å². The lowest BCUT2D eigenvalue weighted by Crippen LogP contribution is -2.44. The Kier molecular flexibility index (Phi) is 7.50. The minimum absolute atomic E-state index is 0.152. The van der Waals surface area contributed by atoms with E-state index in [1.54, 1.807) is 34.0 Å². The number of aliphatic hydroxyl groups is 1. The molecule has 0 aliphatic carbocycles. The van der Waals surface area contributed by atoms with Gasteiger partial charge in [-0.15, -0.1) is 5.10 Å². The molecule has 3 rings (SSSR count). The van der Waals surface area contributed by atoms with Gasteiger partial charge in [0.25, 0.3) is 5.91 Å². The SMILES string of the molecule is Cc1ccc(N/N=C\C=N)c(C(=O)N(CCO)[C@@H](C)Cn2nc(-c3ccc(F)cc3)[nH]2)c1. The fraction of sp³-hybridized carbons (Fsp3) is 0.273. The molecule has 0 fully saturated rings. The molecule has 1 atom stereocenters. The number of aryl methyl sites for hydroxylation is 1. The summed E-state index contributed by atoms with van der Waals surface area (Å²) in [6.45, 7) is 4.11. The maximum Gasteiger partial charge on any atom is 0.256 e. The number of aromatic nitrogens is 3. The molecule has 3 aromatic rings. The number of hydrogen-bond acceptors (Lipinski definition) is 6. The summed E-state index contributed by atoms with van der Waals surface area (Å²) in [7, 11) is 0. The van der Waals surface area contributed by atoms with Crippen LogP contribution in [0.5, 0.6) is 0 Å². The van der Waals surface area contributed by atoms with Crippen molar-refractivity contribution in [1.29, 1.82) is 5.41 Å². The van der Waals surface area contributed by atoms with Crippen molar-refractivity contribution in [3.63, 3.8) is 0 Å². The van der Waals surface area contributed by atoms with Crippen LogP contribution in [0, 0.1) is 18.2 Å². The van der Waals surface area contributed by atoms with E-state index in [9.17, 15) is 14.3 Å². The predicted octanol–water partition coefficient (Wildman–Crippen LogP) is 2.90. The smallest absolute Gasteiger partial charge is 0.256 e. The van der Waals surface area contributed by atoms with Crippen LogP contribution in [0.25, 0.3) is 11.4 Å². The number of hydrazone groups is 1. The number of rotatable bonds is 10. The first-order valence-corrected chi connectivity index (χ1v) is 10.1. The maximum absolute atomic E-state index is 13.4. The molecule has 0 saturated heterocycles. The van der Waals surface area contributed by atoms with Crippen molar-refractivity contribution in [2.75, 3.05) is 18.6 Å². The molecule has 32 heavy (non-hydrogen) atoms. The van der Waals surface area contributed by atoms with E-state index in [4.69, 9.17) is 5.41 Å². The van der Waals surface area contributed by atoms with Crippen LogP contribution in [-0.2, 0) is 6.54 Å². The zero-order valence-electron chi connectivity index (χ0n) is 17.9. The minimum atomic E-state index is -0.314. The molecule has 0 bridgehead atoms. The third-order valence-electron chi connectivity index (χ3n) is 4.88. The number of nitrogens with one attached hydrogen (secondary N) is 3. The van der Waals surface area contributed by atoms with Gasteiger partial charge in [0.1, 0.15) is 5.82 Å². The zero-order valence-corrected chi connectivity index (χ0v) is 17.9. The second-order valence-corrected chi connectivity index (χ2v) is 7.33. The molecular formula is C22H26FN7O2. The van der Waals surface area contributed by atoms with Gasteiger partial charge < -0.3 is 15.4 Å². The summed E-state index contributed by atoms with van der Waals surface area (Å²) in [5.74, 6) is 0.0448. The molecule has 9 nitrogen and oxygen atoms in total. The van der Waals surface area contributed by atoms with E-state index in [0.717, 1.165) is 17.3 Å². The van der Waals surface area contributed by atoms with E-state index in [2.05, 4.69) is 20.7 Å². The summed E-state index contributed by atoms with van der Waals surface area (Å²) in [4.78, 5) is 16.5. The molecular weight excluding hydrogens is 413 g/mol. The van der Waals surface area contributed by atoms with Crippen LogP contribution >= 0.6 is 0 Å². The van der Waals surface area contributed by atoms with E-state index in [1.165, 1.54) is 18.3 Å². The number of nitrogens with zero attached hydrogens (tertiary/aromatic N) is 4. The Labute approximate surface area is 185 Å². The van der Waals surface area contributed by atoms with Crippen LogP contribution in [0.15, 0.2) is 47.6 Å². The molecule has 0 unspecified atom stereocenters. The number of hydrogen-bond donors (Lipinski definition) is 4. The van der Waals surface area contributed by atoms with Crippen molar-refractivity contribution in [2.45, 2.75) is 26.4 Å². The number of anilines is 1. The quantitative estimate of drug-likeness (QED) is 0.287. The first-order chi connectivity index (χ1) is 15.4. The highest BCUT2D eigenvalue weighted by Crippen LogP contribution is 2.22. The van der Waals surface area contributed by atoms with E-state index in [-0.39, 0.29) is 30.9 Å². The number of carbonyl (C=O) groups excluding carboxylic acids is 1. The van der Waals surface area contributed by atoms with Crippen LogP contribution in [0.3, 0.4) is 0 Å². The Bertz CT molecular complexity index is 1080. The summed E-state index contributed by atoms with van der Waals surface area (Å²) < 4.78 is 13.1. The number of benzene rings is 2. The van der Waals surface area contributed by atoms with E-state index in [1.807, 2.05) is 19.9 Å². The van der Waals surface area contributed by atoms with Crippen molar-refractivity contribution >= 4 is 24.0 Å². The average Bonchev–Trinajstić information content (AvgIpc) is 2.75. The van der Waals surface area contributed by atoms with Gasteiger partial charge in [0, 0.05) is 18.3 Å². The van der Waals surface area contributed by atoms with Gasteiger partial charge >= 0.3 is 0 Å². The lowest BCUT2D eigenvalue weighted by Gasteiger charge is -2.30. The summed E-state index contributed by atoms with van der Waals surface area (Å²) in [5.41, 5.74) is 5.38. The molecule has 0 radical (unpaired) electrons. The van der Waals surface area contributed by atoms with Gasteiger partial charge in [0.2, 0.25) is 0 Å². The first kappa shape index (κ1) is 22.9. The largest absolute Gasteiger partial charge is 0.395 e. The highest BCUT2D eigenvalue weighted by atomic mass is 19.1. The van der Waals surface area contributed by atoms with E-state index in [0.29, 0.717) is 23.6 Å². The van der Waals surface area contributed by atoms with E-state index >= 15 is 0 Å². The maximum atomic E-state index is 13.4. The first-order valence-electron chi connectivity index (χ1n) is 10.1. The van der Waals surface area contributed by atoms with Crippen LogP contribution in [0.1, 0.15) is 22.8 Å². The second kappa shape index (κ2) is 10.5. The number of aliphatic hydroxyl groups excluding tert-OH is 1. The molecule has 4 N–H and O–H groups in total. The van der Waals surface area contributed by atoms with Crippen LogP contribution in [-0.4, -0.2) is 62.5 Å². The molecule has 0 aliphatic heterocycles. The summed E-state index contributed by atoms with van der Waals surface area (Å²) >= 11 is 0. The Morgan fingerprint density at radius 3 is 2.75 bits per heavy atom. The fourth-order valence-electron chi connectivity index (χ4n) is 3.27. The van der Waals surface area contributed by atoms with Crippen molar-refractivity contribution in [3.05, 3.63) is 59.4 Å². The molecule has 1 aromatic heterocycles. The van der Waals surface area contributed by atoms with Crippen molar-refractivity contribution in [3.8, 4) is 11.4 Å². The van der Waals surface area contributed by atoms with Gasteiger partial charge in [-0.25, -0.2) is 9.19 Å². The second-order valence-electron chi connectivity index (χ2n) is 7.33. The third kappa shape index (κ3) is 5.46. The molecule has 0 aliphatic rings. The van der Waals surface area contributed by atoms with Gasteiger partial charge in [0.05, 0.1) is 36.7 Å². The highest BCUT2D eigenvalue weighted by molar-refractivity contribution is 6.14.